The SMILES string of the molecule is CN(C)C(=O)C1CCCN1S(=O)(=O)c1cccc(N)c1. The largest absolute Gasteiger partial charge is 0.399 e. The fourth-order valence-electron chi connectivity index (χ4n) is 2.38. The molecule has 1 aromatic rings. The lowest BCUT2D eigenvalue weighted by molar-refractivity contribution is -0.132. The number of nitrogen functional groups attached to an aromatic ring is 1. The summed E-state index contributed by atoms with van der Waals surface area (Å²) in [6.45, 7) is 0.362. The van der Waals surface area contributed by atoms with Gasteiger partial charge in [-0.15, -0.1) is 0 Å². The first kappa shape index (κ1) is 14.8. The maximum absolute atomic E-state index is 12.6. The van der Waals surface area contributed by atoms with Crippen LogP contribution >= 0.6 is 0 Å². The number of anilines is 1. The molecule has 1 amide bonds. The predicted molar refractivity (Wildman–Crippen MR) is 76.5 cm³/mol. The second-order valence-corrected chi connectivity index (χ2v) is 6.97. The Balaban J connectivity index is 2.36. The molecule has 2 N–H and O–H groups in total. The molecule has 0 bridgehead atoms. The van der Waals surface area contributed by atoms with Crippen LogP contribution in [-0.4, -0.2) is 50.2 Å². The topological polar surface area (TPSA) is 83.7 Å². The molecule has 0 aliphatic carbocycles. The average Bonchev–Trinajstić information content (AvgIpc) is 2.87. The molecule has 1 heterocycles. The lowest BCUT2D eigenvalue weighted by Crippen LogP contribution is -2.45. The third-order valence-electron chi connectivity index (χ3n) is 3.39. The van der Waals surface area contributed by atoms with Crippen molar-refractivity contribution in [3.05, 3.63) is 24.3 Å². The molecular formula is C13H19N3O3S. The first-order chi connectivity index (χ1) is 9.34. The number of carbonyl (C=O) groups excluding carboxylic acids is 1. The zero-order valence-corrected chi connectivity index (χ0v) is 12.4. The van der Waals surface area contributed by atoms with Crippen LogP contribution in [-0.2, 0) is 14.8 Å². The number of rotatable bonds is 3. The van der Waals surface area contributed by atoms with Crippen molar-refractivity contribution in [3.63, 3.8) is 0 Å². The van der Waals surface area contributed by atoms with Gasteiger partial charge in [0.15, 0.2) is 0 Å². The molecule has 2 rings (SSSR count). The summed E-state index contributed by atoms with van der Waals surface area (Å²) in [6, 6.07) is 5.54. The van der Waals surface area contributed by atoms with E-state index >= 15 is 0 Å². The summed E-state index contributed by atoms with van der Waals surface area (Å²) >= 11 is 0. The van der Waals surface area contributed by atoms with Gasteiger partial charge >= 0.3 is 0 Å². The summed E-state index contributed by atoms with van der Waals surface area (Å²) in [5.41, 5.74) is 6.03. The minimum atomic E-state index is -3.68. The van der Waals surface area contributed by atoms with E-state index in [0.717, 1.165) is 0 Å². The summed E-state index contributed by atoms with van der Waals surface area (Å²) < 4.78 is 26.5. The van der Waals surface area contributed by atoms with Gasteiger partial charge < -0.3 is 10.6 Å². The van der Waals surface area contributed by atoms with Crippen molar-refractivity contribution in [1.82, 2.24) is 9.21 Å². The van der Waals surface area contributed by atoms with Crippen LogP contribution in [0.25, 0.3) is 0 Å². The van der Waals surface area contributed by atoms with Gasteiger partial charge in [-0.05, 0) is 31.0 Å². The average molecular weight is 297 g/mol. The Labute approximate surface area is 119 Å². The van der Waals surface area contributed by atoms with Crippen LogP contribution in [0, 0.1) is 0 Å². The fraction of sp³-hybridized carbons (Fsp3) is 0.462. The van der Waals surface area contributed by atoms with E-state index in [1.807, 2.05) is 0 Å². The van der Waals surface area contributed by atoms with Gasteiger partial charge in [0.25, 0.3) is 0 Å². The van der Waals surface area contributed by atoms with Crippen LogP contribution in [0.4, 0.5) is 5.69 Å². The van der Waals surface area contributed by atoms with Crippen molar-refractivity contribution in [2.45, 2.75) is 23.8 Å². The Morgan fingerprint density at radius 3 is 2.70 bits per heavy atom. The first-order valence-electron chi connectivity index (χ1n) is 6.42. The molecule has 0 radical (unpaired) electrons. The number of nitrogens with zero attached hydrogens (tertiary/aromatic N) is 2. The van der Waals surface area contributed by atoms with Crippen LogP contribution in [0.1, 0.15) is 12.8 Å². The molecule has 1 aliphatic heterocycles. The second kappa shape index (κ2) is 5.41. The number of nitrogens with two attached hydrogens (primary N) is 1. The van der Waals surface area contributed by atoms with Crippen LogP contribution in [0.15, 0.2) is 29.2 Å². The molecule has 1 fully saturated rings. The van der Waals surface area contributed by atoms with Gasteiger partial charge in [0.05, 0.1) is 4.90 Å². The highest BCUT2D eigenvalue weighted by Crippen LogP contribution is 2.27. The lowest BCUT2D eigenvalue weighted by atomic mass is 10.2. The fourth-order valence-corrected chi connectivity index (χ4v) is 4.09. The number of hydrogen-bond acceptors (Lipinski definition) is 4. The lowest BCUT2D eigenvalue weighted by Gasteiger charge is -2.25. The molecule has 1 unspecified atom stereocenters. The monoisotopic (exact) mass is 297 g/mol. The number of amides is 1. The molecule has 20 heavy (non-hydrogen) atoms. The van der Waals surface area contributed by atoms with Crippen molar-refractivity contribution in [1.29, 1.82) is 0 Å². The first-order valence-corrected chi connectivity index (χ1v) is 7.86. The van der Waals surface area contributed by atoms with E-state index in [1.54, 1.807) is 26.2 Å². The molecule has 7 heteroatoms. The van der Waals surface area contributed by atoms with E-state index in [-0.39, 0.29) is 10.8 Å². The molecule has 1 aliphatic rings. The number of hydrogen-bond donors (Lipinski definition) is 1. The zero-order chi connectivity index (χ0) is 14.9. The molecule has 6 nitrogen and oxygen atoms in total. The summed E-state index contributed by atoms with van der Waals surface area (Å²) in [5, 5.41) is 0. The summed E-state index contributed by atoms with van der Waals surface area (Å²) in [7, 11) is -0.421. The third-order valence-corrected chi connectivity index (χ3v) is 5.30. The normalized spacial score (nSPS) is 20.0. The van der Waals surface area contributed by atoms with Crippen LogP contribution < -0.4 is 5.73 Å². The highest BCUT2D eigenvalue weighted by atomic mass is 32.2. The highest BCUT2D eigenvalue weighted by Gasteiger charge is 2.39. The van der Waals surface area contributed by atoms with Crippen LogP contribution in [0.3, 0.4) is 0 Å². The van der Waals surface area contributed by atoms with Gasteiger partial charge in [-0.25, -0.2) is 8.42 Å². The van der Waals surface area contributed by atoms with E-state index in [4.69, 9.17) is 5.73 Å². The molecule has 0 aromatic heterocycles. The summed E-state index contributed by atoms with van der Waals surface area (Å²) in [4.78, 5) is 13.7. The van der Waals surface area contributed by atoms with E-state index in [2.05, 4.69) is 0 Å². The van der Waals surface area contributed by atoms with Crippen LogP contribution in [0.5, 0.6) is 0 Å². The molecule has 1 aromatic carbocycles. The van der Waals surface area contributed by atoms with Gasteiger partial charge in [-0.2, -0.15) is 4.31 Å². The zero-order valence-electron chi connectivity index (χ0n) is 11.6. The second-order valence-electron chi connectivity index (χ2n) is 5.08. The third kappa shape index (κ3) is 2.64. The minimum Gasteiger partial charge on any atom is -0.399 e. The highest BCUT2D eigenvalue weighted by molar-refractivity contribution is 7.89. The number of sulfonamides is 1. The summed E-state index contributed by atoms with van der Waals surface area (Å²) in [5.74, 6) is -0.185. The van der Waals surface area contributed by atoms with Gasteiger partial charge in [0, 0.05) is 26.3 Å². The molecular weight excluding hydrogens is 278 g/mol. The quantitative estimate of drug-likeness (QED) is 0.824. The van der Waals surface area contributed by atoms with E-state index in [1.165, 1.54) is 21.3 Å². The summed E-state index contributed by atoms with van der Waals surface area (Å²) in [6.07, 6.45) is 1.24. The molecule has 1 saturated heterocycles. The Morgan fingerprint density at radius 1 is 1.40 bits per heavy atom. The standard InChI is InChI=1S/C13H19N3O3S/c1-15(2)13(17)12-7-4-8-16(12)20(18,19)11-6-3-5-10(14)9-11/h3,5-6,9,12H,4,7-8,14H2,1-2H3. The van der Waals surface area contributed by atoms with Crippen molar-refractivity contribution >= 4 is 21.6 Å². The maximum atomic E-state index is 12.6. The Morgan fingerprint density at radius 2 is 2.10 bits per heavy atom. The van der Waals surface area contributed by atoms with E-state index in [0.29, 0.717) is 25.1 Å². The number of carbonyl (C=O) groups is 1. The Hall–Kier alpha value is -1.60. The number of benzene rings is 1. The van der Waals surface area contributed by atoms with Crippen molar-refractivity contribution in [2.75, 3.05) is 26.4 Å². The number of likely N-dealkylation sites (N-methyl/N-ethyl adjacent to an activating group) is 1. The van der Waals surface area contributed by atoms with Crippen molar-refractivity contribution in [3.8, 4) is 0 Å². The Kier molecular flexibility index (Phi) is 4.01. The minimum absolute atomic E-state index is 0.135. The molecule has 0 spiro atoms. The molecule has 110 valence electrons. The van der Waals surface area contributed by atoms with Crippen molar-refractivity contribution in [2.24, 2.45) is 0 Å². The molecule has 0 saturated carbocycles. The molecule has 1 atom stereocenters. The van der Waals surface area contributed by atoms with E-state index in [9.17, 15) is 13.2 Å². The van der Waals surface area contributed by atoms with E-state index < -0.39 is 16.1 Å². The maximum Gasteiger partial charge on any atom is 0.243 e. The predicted octanol–water partition coefficient (Wildman–Crippen LogP) is 0.510. The van der Waals surface area contributed by atoms with Gasteiger partial charge in [-0.1, -0.05) is 6.07 Å². The van der Waals surface area contributed by atoms with Gasteiger partial charge in [0.1, 0.15) is 6.04 Å². The Bertz CT molecular complexity index is 613. The smallest absolute Gasteiger partial charge is 0.243 e. The van der Waals surface area contributed by atoms with Crippen molar-refractivity contribution < 1.29 is 13.2 Å². The van der Waals surface area contributed by atoms with Crippen LogP contribution in [0.2, 0.25) is 0 Å². The van der Waals surface area contributed by atoms with Gasteiger partial charge in [-0.3, -0.25) is 4.79 Å². The van der Waals surface area contributed by atoms with Gasteiger partial charge in [0.2, 0.25) is 15.9 Å².